The molecule has 0 bridgehead atoms. The van der Waals surface area contributed by atoms with E-state index >= 15 is 0 Å². The lowest BCUT2D eigenvalue weighted by Gasteiger charge is -2.17. The topological polar surface area (TPSA) is 73.1 Å². The molecule has 0 aliphatic rings. The highest BCUT2D eigenvalue weighted by Crippen LogP contribution is 2.43. The van der Waals surface area contributed by atoms with Crippen molar-refractivity contribution in [3.63, 3.8) is 0 Å². The number of hydrogen-bond acceptors (Lipinski definition) is 5. The fourth-order valence-corrected chi connectivity index (χ4v) is 2.83. The van der Waals surface area contributed by atoms with Crippen molar-refractivity contribution in [1.82, 2.24) is 9.97 Å². The number of fused-ring (bicyclic) bond motifs is 1. The second kappa shape index (κ2) is 6.70. The maximum atomic E-state index is 13.5. The summed E-state index contributed by atoms with van der Waals surface area (Å²) in [7, 11) is 1.68. The van der Waals surface area contributed by atoms with E-state index in [4.69, 9.17) is 10.5 Å². The Hall–Kier alpha value is -3.03. The minimum Gasteiger partial charge on any atom is -0.493 e. The monoisotopic (exact) mass is 362 g/mol. The number of nitrogens with two attached hydrogens (primary N) is 1. The van der Waals surface area contributed by atoms with E-state index in [0.717, 1.165) is 6.07 Å². The Morgan fingerprint density at radius 2 is 1.92 bits per heavy atom. The molecule has 0 aliphatic heterocycles. The quantitative estimate of drug-likeness (QED) is 0.722. The first-order valence-electron chi connectivity index (χ1n) is 7.93. The van der Waals surface area contributed by atoms with Gasteiger partial charge in [-0.2, -0.15) is 18.2 Å². The lowest BCUT2D eigenvalue weighted by molar-refractivity contribution is -0.137. The zero-order valence-corrected chi connectivity index (χ0v) is 14.2. The molecule has 0 unspecified atom stereocenters. The third kappa shape index (κ3) is 3.22. The van der Waals surface area contributed by atoms with E-state index in [1.165, 1.54) is 12.1 Å². The van der Waals surface area contributed by atoms with Crippen LogP contribution < -0.4 is 15.8 Å². The molecule has 3 aromatic rings. The molecule has 3 rings (SSSR count). The van der Waals surface area contributed by atoms with Crippen molar-refractivity contribution < 1.29 is 17.9 Å². The molecule has 0 atom stereocenters. The van der Waals surface area contributed by atoms with Crippen LogP contribution in [-0.4, -0.2) is 23.6 Å². The number of hydrogen-bond donors (Lipinski definition) is 2. The van der Waals surface area contributed by atoms with Crippen molar-refractivity contribution in [3.8, 4) is 16.9 Å². The Balaban J connectivity index is 2.29. The summed E-state index contributed by atoms with van der Waals surface area (Å²) in [5.74, 6) is 0.707. The second-order valence-corrected chi connectivity index (χ2v) is 5.52. The number of ether oxygens (including phenoxy) is 1. The van der Waals surface area contributed by atoms with Crippen LogP contribution in [0.5, 0.6) is 5.75 Å². The molecule has 3 N–H and O–H groups in total. The molecule has 136 valence electrons. The van der Waals surface area contributed by atoms with E-state index in [1.807, 2.05) is 0 Å². The number of rotatable bonds is 4. The van der Waals surface area contributed by atoms with Gasteiger partial charge in [0.1, 0.15) is 11.6 Å². The number of nitrogens with one attached hydrogen (secondary N) is 1. The number of aromatic nitrogens is 2. The van der Waals surface area contributed by atoms with Crippen molar-refractivity contribution >= 4 is 22.7 Å². The molecule has 8 heteroatoms. The molecule has 1 heterocycles. The molecule has 26 heavy (non-hydrogen) atoms. The van der Waals surface area contributed by atoms with Crippen molar-refractivity contribution in [1.29, 1.82) is 0 Å². The Kier molecular flexibility index (Phi) is 4.58. The Morgan fingerprint density at radius 1 is 1.15 bits per heavy atom. The Bertz CT molecular complexity index is 957. The Labute approximate surface area is 148 Å². The molecule has 0 saturated heterocycles. The van der Waals surface area contributed by atoms with Gasteiger partial charge in [0.25, 0.3) is 0 Å². The number of nitrogen functional groups attached to an aromatic ring is 1. The lowest BCUT2D eigenvalue weighted by atomic mass is 9.97. The fourth-order valence-electron chi connectivity index (χ4n) is 2.83. The second-order valence-electron chi connectivity index (χ2n) is 5.52. The van der Waals surface area contributed by atoms with Crippen molar-refractivity contribution in [2.24, 2.45) is 0 Å². The van der Waals surface area contributed by atoms with Crippen LogP contribution in [0.1, 0.15) is 12.5 Å². The summed E-state index contributed by atoms with van der Waals surface area (Å²) in [6.45, 7) is 1.97. The molecule has 2 aromatic carbocycles. The molecule has 0 spiro atoms. The van der Waals surface area contributed by atoms with Gasteiger partial charge in [-0.05, 0) is 36.8 Å². The number of nitrogens with zero attached hydrogens (tertiary/aromatic N) is 2. The van der Waals surface area contributed by atoms with E-state index in [2.05, 4.69) is 15.3 Å². The predicted octanol–water partition coefficient (Wildman–Crippen LogP) is 4.34. The minimum absolute atomic E-state index is 0.0214. The largest absolute Gasteiger partial charge is 0.493 e. The van der Waals surface area contributed by atoms with Gasteiger partial charge >= 0.3 is 6.18 Å². The third-order valence-corrected chi connectivity index (χ3v) is 3.87. The van der Waals surface area contributed by atoms with E-state index in [1.54, 1.807) is 32.2 Å². The van der Waals surface area contributed by atoms with E-state index < -0.39 is 11.7 Å². The van der Waals surface area contributed by atoms with Crippen LogP contribution in [0.3, 0.4) is 0 Å². The summed E-state index contributed by atoms with van der Waals surface area (Å²) < 4.78 is 46.1. The summed E-state index contributed by atoms with van der Waals surface area (Å²) in [5, 5.41) is 3.56. The van der Waals surface area contributed by atoms with Gasteiger partial charge in [-0.1, -0.05) is 12.1 Å². The normalized spacial score (nSPS) is 11.6. The summed E-state index contributed by atoms with van der Waals surface area (Å²) in [6, 6.07) is 8.70. The molecule has 1 aromatic heterocycles. The molecule has 0 fully saturated rings. The van der Waals surface area contributed by atoms with Gasteiger partial charge in [-0.15, -0.1) is 0 Å². The van der Waals surface area contributed by atoms with Gasteiger partial charge in [0, 0.05) is 18.0 Å². The van der Waals surface area contributed by atoms with Gasteiger partial charge in [-0.25, -0.2) is 4.98 Å². The molecule has 0 radical (unpaired) electrons. The number of alkyl halides is 3. The third-order valence-electron chi connectivity index (χ3n) is 3.87. The Morgan fingerprint density at radius 3 is 2.58 bits per heavy atom. The SMILES string of the molecule is CCOc1cccc(C(F)(F)F)c1-c1ccc2c(NC)nc(N)nc2c1. The van der Waals surface area contributed by atoms with Gasteiger partial charge in [0.05, 0.1) is 17.7 Å². The summed E-state index contributed by atoms with van der Waals surface area (Å²) in [6.07, 6.45) is -4.52. The van der Waals surface area contributed by atoms with E-state index in [9.17, 15) is 13.2 Å². The average Bonchev–Trinajstić information content (AvgIpc) is 2.59. The highest BCUT2D eigenvalue weighted by atomic mass is 19.4. The molecule has 0 saturated carbocycles. The van der Waals surface area contributed by atoms with Gasteiger partial charge in [0.2, 0.25) is 5.95 Å². The smallest absolute Gasteiger partial charge is 0.417 e. The van der Waals surface area contributed by atoms with Crippen LogP contribution in [0.4, 0.5) is 24.9 Å². The first-order valence-corrected chi connectivity index (χ1v) is 7.93. The average molecular weight is 362 g/mol. The number of halogens is 3. The van der Waals surface area contributed by atoms with E-state index in [-0.39, 0.29) is 23.9 Å². The first-order chi connectivity index (χ1) is 12.3. The van der Waals surface area contributed by atoms with Crippen LogP contribution in [0, 0.1) is 0 Å². The zero-order valence-electron chi connectivity index (χ0n) is 14.2. The van der Waals surface area contributed by atoms with Gasteiger partial charge < -0.3 is 15.8 Å². The molecular weight excluding hydrogens is 345 g/mol. The molecule has 0 amide bonds. The van der Waals surface area contributed by atoms with Crippen molar-refractivity contribution in [2.45, 2.75) is 13.1 Å². The maximum Gasteiger partial charge on any atom is 0.417 e. The maximum absolute atomic E-state index is 13.5. The highest BCUT2D eigenvalue weighted by Gasteiger charge is 2.35. The summed E-state index contributed by atoms with van der Waals surface area (Å²) in [4.78, 5) is 8.22. The molecule has 0 aliphatic carbocycles. The van der Waals surface area contributed by atoms with Gasteiger partial charge in [0.15, 0.2) is 0 Å². The predicted molar refractivity (Wildman–Crippen MR) is 95.1 cm³/mol. The van der Waals surface area contributed by atoms with E-state index in [0.29, 0.717) is 22.3 Å². The van der Waals surface area contributed by atoms with Crippen molar-refractivity contribution in [3.05, 3.63) is 42.0 Å². The zero-order chi connectivity index (χ0) is 18.9. The number of benzene rings is 2. The molecule has 5 nitrogen and oxygen atoms in total. The van der Waals surface area contributed by atoms with Crippen LogP contribution in [0.15, 0.2) is 36.4 Å². The summed E-state index contributed by atoms with van der Waals surface area (Å²) >= 11 is 0. The summed E-state index contributed by atoms with van der Waals surface area (Å²) in [5.41, 5.74) is 5.70. The fraction of sp³-hybridized carbons (Fsp3) is 0.222. The van der Waals surface area contributed by atoms with Crippen molar-refractivity contribution in [2.75, 3.05) is 24.7 Å². The van der Waals surface area contributed by atoms with Crippen LogP contribution in [0.2, 0.25) is 0 Å². The van der Waals surface area contributed by atoms with Gasteiger partial charge in [-0.3, -0.25) is 0 Å². The molecular formula is C18H17F3N4O. The van der Waals surface area contributed by atoms with Crippen LogP contribution in [0.25, 0.3) is 22.0 Å². The minimum atomic E-state index is -4.52. The highest BCUT2D eigenvalue weighted by molar-refractivity contribution is 5.93. The first kappa shape index (κ1) is 17.8. The standard InChI is InChI=1S/C18H17F3N4O/c1-3-26-14-6-4-5-12(18(19,20)21)15(14)10-7-8-11-13(9-10)24-17(22)25-16(11)23-2/h4-9H,3H2,1-2H3,(H3,22,23,24,25). The van der Waals surface area contributed by atoms with Crippen LogP contribution >= 0.6 is 0 Å². The number of anilines is 2. The van der Waals surface area contributed by atoms with Crippen LogP contribution in [-0.2, 0) is 6.18 Å². The lowest BCUT2D eigenvalue weighted by Crippen LogP contribution is -2.09.